The van der Waals surface area contributed by atoms with E-state index in [-0.39, 0.29) is 23.9 Å². The summed E-state index contributed by atoms with van der Waals surface area (Å²) in [6, 6.07) is 11.5. The molecule has 8 nitrogen and oxygen atoms in total. The van der Waals surface area contributed by atoms with Gasteiger partial charge in [-0.2, -0.15) is 4.98 Å². The van der Waals surface area contributed by atoms with Gasteiger partial charge in [0.05, 0.1) is 18.8 Å². The Morgan fingerprint density at radius 3 is 2.81 bits per heavy atom. The van der Waals surface area contributed by atoms with Crippen LogP contribution in [0.5, 0.6) is 0 Å². The van der Waals surface area contributed by atoms with Gasteiger partial charge in [-0.25, -0.2) is 9.50 Å². The van der Waals surface area contributed by atoms with E-state index in [0.29, 0.717) is 25.5 Å². The molecule has 0 N–H and O–H groups in total. The zero-order chi connectivity index (χ0) is 18.8. The van der Waals surface area contributed by atoms with Crippen molar-refractivity contribution in [3.63, 3.8) is 0 Å². The number of carbonyl (C=O) groups is 1. The Morgan fingerprint density at radius 2 is 2.07 bits per heavy atom. The molecule has 0 bridgehead atoms. The second-order valence-electron chi connectivity index (χ2n) is 6.83. The maximum Gasteiger partial charge on any atom is 0.294 e. The van der Waals surface area contributed by atoms with Crippen LogP contribution in [0.25, 0.3) is 5.78 Å². The number of nitrogens with zero attached hydrogens (tertiary/aromatic N) is 6. The van der Waals surface area contributed by atoms with Crippen molar-refractivity contribution in [2.24, 2.45) is 0 Å². The van der Waals surface area contributed by atoms with Gasteiger partial charge in [0.2, 0.25) is 5.82 Å². The first-order chi connectivity index (χ1) is 13.1. The number of aromatic nitrogens is 4. The molecule has 4 rings (SSSR count). The largest absolute Gasteiger partial charge is 0.373 e. The lowest BCUT2D eigenvalue weighted by atomic mass is 9.97. The summed E-state index contributed by atoms with van der Waals surface area (Å²) >= 11 is 0. The number of rotatable bonds is 4. The highest BCUT2D eigenvalue weighted by Gasteiger charge is 2.38. The summed E-state index contributed by atoms with van der Waals surface area (Å²) < 4.78 is 7.55. The van der Waals surface area contributed by atoms with E-state index in [4.69, 9.17) is 4.74 Å². The van der Waals surface area contributed by atoms with Crippen molar-refractivity contribution in [3.8, 4) is 0 Å². The van der Waals surface area contributed by atoms with E-state index in [9.17, 15) is 4.79 Å². The molecular formula is C19H22N6O2. The summed E-state index contributed by atoms with van der Waals surface area (Å²) in [6.07, 6.45) is 3.23. The van der Waals surface area contributed by atoms with Crippen LogP contribution < -0.4 is 0 Å². The van der Waals surface area contributed by atoms with Crippen LogP contribution in [0.4, 0.5) is 0 Å². The third kappa shape index (κ3) is 3.54. The van der Waals surface area contributed by atoms with E-state index in [1.165, 1.54) is 4.52 Å². The molecule has 0 radical (unpaired) electrons. The summed E-state index contributed by atoms with van der Waals surface area (Å²) in [5.74, 6) is 0.358. The van der Waals surface area contributed by atoms with Gasteiger partial charge >= 0.3 is 0 Å². The van der Waals surface area contributed by atoms with Crippen LogP contribution in [-0.2, 0) is 4.74 Å². The third-order valence-electron chi connectivity index (χ3n) is 4.61. The second-order valence-corrected chi connectivity index (χ2v) is 6.83. The molecule has 2 aromatic heterocycles. The number of fused-ring (bicyclic) bond motifs is 1. The second kappa shape index (κ2) is 7.42. The first-order valence-electron chi connectivity index (χ1n) is 8.93. The Morgan fingerprint density at radius 1 is 1.26 bits per heavy atom. The summed E-state index contributed by atoms with van der Waals surface area (Å²) in [5.41, 5.74) is 1.04. The maximum atomic E-state index is 13.3. The highest BCUT2D eigenvalue weighted by molar-refractivity contribution is 5.91. The van der Waals surface area contributed by atoms with Crippen molar-refractivity contribution in [3.05, 3.63) is 60.2 Å². The number of likely N-dealkylation sites (N-methyl/N-ethyl adjacent to an activating group) is 1. The van der Waals surface area contributed by atoms with Crippen molar-refractivity contribution in [2.45, 2.75) is 12.1 Å². The van der Waals surface area contributed by atoms with Crippen LogP contribution in [0.1, 0.15) is 22.2 Å². The summed E-state index contributed by atoms with van der Waals surface area (Å²) in [5, 5.41) is 4.30. The fourth-order valence-electron chi connectivity index (χ4n) is 3.47. The number of hydrogen-bond acceptors (Lipinski definition) is 6. The molecule has 1 fully saturated rings. The Balaban J connectivity index is 1.70. The highest BCUT2D eigenvalue weighted by Crippen LogP contribution is 2.31. The number of morpholine rings is 1. The van der Waals surface area contributed by atoms with E-state index in [2.05, 4.69) is 20.0 Å². The molecule has 1 aliphatic heterocycles. The lowest BCUT2D eigenvalue weighted by Crippen LogP contribution is -2.51. The van der Waals surface area contributed by atoms with E-state index >= 15 is 0 Å². The molecule has 1 aromatic carbocycles. The van der Waals surface area contributed by atoms with Crippen LogP contribution in [0, 0.1) is 0 Å². The lowest BCUT2D eigenvalue weighted by molar-refractivity contribution is -0.0687. The standard InChI is InChI=1S/C19H22N6O2/c1-23(2)13-15-16(14-7-4-3-5-8-14)24(11-12-27-15)18(26)17-21-19-20-9-6-10-25(19)22-17/h3-10,15-16H,11-13H2,1-2H3/t15-,16-/m0/s1. The van der Waals surface area contributed by atoms with Crippen molar-refractivity contribution in [1.29, 1.82) is 0 Å². The topological polar surface area (TPSA) is 75.9 Å². The molecule has 1 amide bonds. The Hall–Kier alpha value is -2.84. The summed E-state index contributed by atoms with van der Waals surface area (Å²) in [7, 11) is 4.00. The van der Waals surface area contributed by atoms with Crippen molar-refractivity contribution >= 4 is 11.7 Å². The molecule has 0 aliphatic carbocycles. The molecule has 0 saturated carbocycles. The molecule has 2 atom stereocenters. The summed E-state index contributed by atoms with van der Waals surface area (Å²) in [6.45, 7) is 1.69. The molecule has 27 heavy (non-hydrogen) atoms. The van der Waals surface area contributed by atoms with E-state index in [0.717, 1.165) is 5.56 Å². The Bertz CT molecular complexity index is 893. The fourth-order valence-corrected chi connectivity index (χ4v) is 3.47. The molecule has 3 aromatic rings. The van der Waals surface area contributed by atoms with E-state index < -0.39 is 0 Å². The average molecular weight is 366 g/mol. The molecule has 0 unspecified atom stereocenters. The van der Waals surface area contributed by atoms with Crippen molar-refractivity contribution < 1.29 is 9.53 Å². The van der Waals surface area contributed by atoms with Gasteiger partial charge in [0.25, 0.3) is 11.7 Å². The number of carbonyl (C=O) groups excluding carboxylic acids is 1. The molecule has 3 heterocycles. The minimum absolute atomic E-state index is 0.129. The van der Waals surface area contributed by atoms with Gasteiger partial charge in [0, 0.05) is 25.5 Å². The van der Waals surface area contributed by atoms with Gasteiger partial charge in [0.15, 0.2) is 0 Å². The monoisotopic (exact) mass is 366 g/mol. The SMILES string of the molecule is CN(C)C[C@@H]1OCCN(C(=O)c2nc3ncccn3n2)[C@H]1c1ccccc1. The number of ether oxygens (including phenoxy) is 1. The number of hydrogen-bond donors (Lipinski definition) is 0. The average Bonchev–Trinajstić information content (AvgIpc) is 3.12. The predicted octanol–water partition coefficient (Wildman–Crippen LogP) is 1.27. The Labute approximate surface area is 157 Å². The molecule has 1 aliphatic rings. The van der Waals surface area contributed by atoms with Gasteiger partial charge in [-0.05, 0) is 25.7 Å². The maximum absolute atomic E-state index is 13.3. The van der Waals surface area contributed by atoms with Crippen LogP contribution in [0.3, 0.4) is 0 Å². The molecule has 140 valence electrons. The quantitative estimate of drug-likeness (QED) is 0.692. The minimum Gasteiger partial charge on any atom is -0.373 e. The molecule has 0 spiro atoms. The van der Waals surface area contributed by atoms with Gasteiger partial charge < -0.3 is 14.5 Å². The normalized spacial score (nSPS) is 20.3. The van der Waals surface area contributed by atoms with E-state index in [1.807, 2.05) is 49.3 Å². The van der Waals surface area contributed by atoms with Crippen LogP contribution in [0.15, 0.2) is 48.8 Å². The third-order valence-corrected chi connectivity index (χ3v) is 4.61. The number of benzene rings is 1. The minimum atomic E-state index is -0.207. The van der Waals surface area contributed by atoms with Gasteiger partial charge in [-0.15, -0.1) is 5.10 Å². The van der Waals surface area contributed by atoms with Crippen LogP contribution >= 0.6 is 0 Å². The van der Waals surface area contributed by atoms with Crippen molar-refractivity contribution in [2.75, 3.05) is 33.8 Å². The van der Waals surface area contributed by atoms with Gasteiger partial charge in [-0.3, -0.25) is 4.79 Å². The fraction of sp³-hybridized carbons (Fsp3) is 0.368. The first kappa shape index (κ1) is 17.6. The highest BCUT2D eigenvalue weighted by atomic mass is 16.5. The predicted molar refractivity (Wildman–Crippen MR) is 99.3 cm³/mol. The molecular weight excluding hydrogens is 344 g/mol. The zero-order valence-corrected chi connectivity index (χ0v) is 15.4. The number of amides is 1. The molecule has 1 saturated heterocycles. The van der Waals surface area contributed by atoms with Gasteiger partial charge in [0.1, 0.15) is 0 Å². The van der Waals surface area contributed by atoms with Crippen LogP contribution in [-0.4, -0.2) is 75.2 Å². The van der Waals surface area contributed by atoms with Crippen molar-refractivity contribution in [1.82, 2.24) is 29.4 Å². The smallest absolute Gasteiger partial charge is 0.294 e. The molecule has 8 heteroatoms. The zero-order valence-electron chi connectivity index (χ0n) is 15.4. The first-order valence-corrected chi connectivity index (χ1v) is 8.93. The van der Waals surface area contributed by atoms with Gasteiger partial charge in [-0.1, -0.05) is 30.3 Å². The Kier molecular flexibility index (Phi) is 4.83. The lowest BCUT2D eigenvalue weighted by Gasteiger charge is -2.42. The van der Waals surface area contributed by atoms with E-state index in [1.54, 1.807) is 18.5 Å². The van der Waals surface area contributed by atoms with Crippen LogP contribution in [0.2, 0.25) is 0 Å². The summed E-state index contributed by atoms with van der Waals surface area (Å²) in [4.78, 5) is 25.6.